The molecule has 1 amide bonds. The van der Waals surface area contributed by atoms with Crippen LogP contribution in [0, 0.1) is 0 Å². The van der Waals surface area contributed by atoms with E-state index in [0.717, 1.165) is 40.8 Å². The minimum absolute atomic E-state index is 0.129. The van der Waals surface area contributed by atoms with Crippen LogP contribution in [0.3, 0.4) is 0 Å². The molecule has 136 valence electrons. The number of nitrogens with one attached hydrogen (secondary N) is 1. The summed E-state index contributed by atoms with van der Waals surface area (Å²) in [4.78, 5) is 14.4. The minimum Gasteiger partial charge on any atom is -0.456 e. The Morgan fingerprint density at radius 3 is 2.77 bits per heavy atom. The van der Waals surface area contributed by atoms with E-state index in [0.29, 0.717) is 5.75 Å². The number of rotatable bonds is 7. The maximum absolute atomic E-state index is 12.0. The number of amides is 1. The van der Waals surface area contributed by atoms with Crippen molar-refractivity contribution in [2.45, 2.75) is 18.6 Å². The number of carbonyl (C=O) groups excluding carboxylic acids is 1. The van der Waals surface area contributed by atoms with Crippen LogP contribution in [0.4, 0.5) is 0 Å². The smallest absolute Gasteiger partial charge is 0.230 e. The van der Waals surface area contributed by atoms with Gasteiger partial charge in [0, 0.05) is 29.6 Å². The van der Waals surface area contributed by atoms with Crippen molar-refractivity contribution in [3.05, 3.63) is 48.0 Å². The van der Waals surface area contributed by atoms with Crippen LogP contribution in [0.1, 0.15) is 18.4 Å². The summed E-state index contributed by atoms with van der Waals surface area (Å²) in [6, 6.07) is 14.4. The lowest BCUT2D eigenvalue weighted by Gasteiger charge is -2.14. The number of para-hydroxylation sites is 1. The van der Waals surface area contributed by atoms with Crippen LogP contribution >= 0.6 is 11.8 Å². The van der Waals surface area contributed by atoms with Crippen molar-refractivity contribution >= 4 is 39.6 Å². The van der Waals surface area contributed by atoms with Gasteiger partial charge in [0.25, 0.3) is 0 Å². The predicted molar refractivity (Wildman–Crippen MR) is 109 cm³/mol. The van der Waals surface area contributed by atoms with Crippen molar-refractivity contribution in [3.63, 3.8) is 0 Å². The van der Waals surface area contributed by atoms with Gasteiger partial charge in [0.05, 0.1) is 5.75 Å². The number of thioether (sulfide) groups is 1. The van der Waals surface area contributed by atoms with E-state index in [2.05, 4.69) is 28.4 Å². The summed E-state index contributed by atoms with van der Waals surface area (Å²) in [7, 11) is 0. The van der Waals surface area contributed by atoms with Gasteiger partial charge in [-0.05, 0) is 49.7 Å². The number of nitrogens with zero attached hydrogens (tertiary/aromatic N) is 1. The quantitative estimate of drug-likeness (QED) is 0.684. The van der Waals surface area contributed by atoms with E-state index in [1.807, 2.05) is 24.3 Å². The van der Waals surface area contributed by atoms with Crippen molar-refractivity contribution in [2.24, 2.45) is 0 Å². The van der Waals surface area contributed by atoms with Crippen molar-refractivity contribution in [1.29, 1.82) is 0 Å². The molecule has 2 aromatic carbocycles. The highest BCUT2D eigenvalue weighted by atomic mass is 32.2. The normalized spacial score (nSPS) is 15.1. The van der Waals surface area contributed by atoms with Gasteiger partial charge in [-0.15, -0.1) is 11.8 Å². The Balaban J connectivity index is 1.27. The highest BCUT2D eigenvalue weighted by molar-refractivity contribution is 7.99. The van der Waals surface area contributed by atoms with Gasteiger partial charge in [0.15, 0.2) is 0 Å². The number of hydrogen-bond donors (Lipinski definition) is 1. The molecule has 1 aliphatic heterocycles. The molecule has 1 saturated heterocycles. The Hall–Kier alpha value is -1.98. The van der Waals surface area contributed by atoms with Crippen LogP contribution in [0.15, 0.2) is 46.9 Å². The van der Waals surface area contributed by atoms with Gasteiger partial charge in [-0.25, -0.2) is 0 Å². The summed E-state index contributed by atoms with van der Waals surface area (Å²) >= 11 is 1.66. The molecular formula is C21H24N2O2S. The molecule has 4 rings (SSSR count). The predicted octanol–water partition coefficient (Wildman–Crippen LogP) is 4.03. The third-order valence-electron chi connectivity index (χ3n) is 4.89. The van der Waals surface area contributed by atoms with Crippen LogP contribution < -0.4 is 5.32 Å². The number of hydrogen-bond acceptors (Lipinski definition) is 4. The summed E-state index contributed by atoms with van der Waals surface area (Å²) in [5.41, 5.74) is 3.06. The van der Waals surface area contributed by atoms with E-state index in [4.69, 9.17) is 4.42 Å². The summed E-state index contributed by atoms with van der Waals surface area (Å²) in [6.45, 7) is 4.08. The molecule has 26 heavy (non-hydrogen) atoms. The monoisotopic (exact) mass is 368 g/mol. The molecule has 0 bridgehead atoms. The van der Waals surface area contributed by atoms with Gasteiger partial charge in [-0.2, -0.15) is 0 Å². The molecule has 5 heteroatoms. The zero-order chi connectivity index (χ0) is 17.8. The van der Waals surface area contributed by atoms with Crippen LogP contribution in [0.5, 0.6) is 0 Å². The second-order valence-corrected chi connectivity index (χ2v) is 7.81. The number of furan rings is 1. The first kappa shape index (κ1) is 17.4. The molecule has 0 spiro atoms. The molecule has 2 heterocycles. The number of likely N-dealkylation sites (tertiary alicyclic amines) is 1. The van der Waals surface area contributed by atoms with Crippen LogP contribution in [-0.4, -0.2) is 42.7 Å². The van der Waals surface area contributed by atoms with Gasteiger partial charge in [-0.1, -0.05) is 24.3 Å². The van der Waals surface area contributed by atoms with Gasteiger partial charge in [0.1, 0.15) is 11.2 Å². The van der Waals surface area contributed by atoms with E-state index in [9.17, 15) is 4.79 Å². The van der Waals surface area contributed by atoms with Crippen LogP contribution in [0.2, 0.25) is 0 Å². The molecule has 3 aromatic rings. The Morgan fingerprint density at radius 2 is 1.88 bits per heavy atom. The molecule has 1 aliphatic rings. The molecular weight excluding hydrogens is 344 g/mol. The van der Waals surface area contributed by atoms with Gasteiger partial charge in [0.2, 0.25) is 5.91 Å². The average Bonchev–Trinajstić information content (AvgIpc) is 3.29. The van der Waals surface area contributed by atoms with E-state index in [1.165, 1.54) is 31.5 Å². The van der Waals surface area contributed by atoms with E-state index in [-0.39, 0.29) is 5.91 Å². The second kappa shape index (κ2) is 8.14. The maximum atomic E-state index is 12.0. The first-order chi connectivity index (χ1) is 12.8. The molecule has 1 fully saturated rings. The molecule has 0 atom stereocenters. The third-order valence-corrected chi connectivity index (χ3v) is 5.90. The summed E-state index contributed by atoms with van der Waals surface area (Å²) in [6.07, 6.45) is 2.58. The fourth-order valence-corrected chi connectivity index (χ4v) is 4.34. The van der Waals surface area contributed by atoms with Gasteiger partial charge >= 0.3 is 0 Å². The summed E-state index contributed by atoms with van der Waals surface area (Å²) < 4.78 is 5.86. The van der Waals surface area contributed by atoms with Crippen LogP contribution in [-0.2, 0) is 10.5 Å². The number of carbonyl (C=O) groups is 1. The topological polar surface area (TPSA) is 45.5 Å². The summed E-state index contributed by atoms with van der Waals surface area (Å²) in [5, 5.41) is 5.32. The summed E-state index contributed by atoms with van der Waals surface area (Å²) in [5.74, 6) is 1.46. The first-order valence-corrected chi connectivity index (χ1v) is 10.4. The zero-order valence-corrected chi connectivity index (χ0v) is 15.7. The minimum atomic E-state index is 0.129. The van der Waals surface area contributed by atoms with Crippen molar-refractivity contribution < 1.29 is 9.21 Å². The van der Waals surface area contributed by atoms with Crippen LogP contribution in [0.25, 0.3) is 21.9 Å². The van der Waals surface area contributed by atoms with Crippen molar-refractivity contribution in [1.82, 2.24) is 10.2 Å². The largest absolute Gasteiger partial charge is 0.456 e. The van der Waals surface area contributed by atoms with Gasteiger partial charge in [-0.3, -0.25) is 4.79 Å². The maximum Gasteiger partial charge on any atom is 0.230 e. The molecule has 4 nitrogen and oxygen atoms in total. The van der Waals surface area contributed by atoms with E-state index in [1.54, 1.807) is 11.8 Å². The molecule has 0 saturated carbocycles. The van der Waals surface area contributed by atoms with Crippen molar-refractivity contribution in [2.75, 3.05) is 31.9 Å². The second-order valence-electron chi connectivity index (χ2n) is 6.82. The Kier molecular flexibility index (Phi) is 5.46. The lowest BCUT2D eigenvalue weighted by molar-refractivity contribution is -0.118. The standard InChI is InChI=1S/C21H24N2O2S/c24-21(22-9-12-23-10-3-4-11-23)15-26-14-16-7-8-20-18(13-16)17-5-1-2-6-19(17)25-20/h1-2,5-8,13H,3-4,9-12,14-15H2,(H,22,24). The molecule has 0 aliphatic carbocycles. The van der Waals surface area contributed by atoms with E-state index >= 15 is 0 Å². The SMILES string of the molecule is O=C(CSCc1ccc2oc3ccccc3c2c1)NCCN1CCCC1. The number of benzene rings is 2. The average molecular weight is 369 g/mol. The highest BCUT2D eigenvalue weighted by Crippen LogP contribution is 2.29. The lowest BCUT2D eigenvalue weighted by Crippen LogP contribution is -2.34. The van der Waals surface area contributed by atoms with Crippen molar-refractivity contribution in [3.8, 4) is 0 Å². The Labute approximate surface area is 157 Å². The molecule has 1 N–H and O–H groups in total. The fraction of sp³-hybridized carbons (Fsp3) is 0.381. The number of fused-ring (bicyclic) bond motifs is 3. The van der Waals surface area contributed by atoms with E-state index < -0.39 is 0 Å². The first-order valence-electron chi connectivity index (χ1n) is 9.26. The molecule has 1 aromatic heterocycles. The third kappa shape index (κ3) is 4.05. The van der Waals surface area contributed by atoms with Gasteiger partial charge < -0.3 is 14.6 Å². The lowest BCUT2D eigenvalue weighted by atomic mass is 10.1. The molecule has 0 radical (unpaired) electrons. The Morgan fingerprint density at radius 1 is 1.08 bits per heavy atom. The fourth-order valence-electron chi connectivity index (χ4n) is 3.54. The highest BCUT2D eigenvalue weighted by Gasteiger charge is 2.11. The zero-order valence-electron chi connectivity index (χ0n) is 14.9. The Bertz CT molecular complexity index is 899. The molecule has 0 unspecified atom stereocenters.